The lowest BCUT2D eigenvalue weighted by atomic mass is 9.88. The van der Waals surface area contributed by atoms with Gasteiger partial charge in [-0.05, 0) is 18.1 Å². The van der Waals surface area contributed by atoms with E-state index >= 15 is 0 Å². The first-order valence-corrected chi connectivity index (χ1v) is 10.4. The molecule has 196 valence electrons. The van der Waals surface area contributed by atoms with Crippen LogP contribution in [-0.4, -0.2) is 92.2 Å². The number of carbonyl (C=O) groups is 3. The predicted molar refractivity (Wildman–Crippen MR) is 109 cm³/mol. The van der Waals surface area contributed by atoms with Gasteiger partial charge in [-0.15, -0.1) is 0 Å². The van der Waals surface area contributed by atoms with Crippen LogP contribution in [0.2, 0.25) is 0 Å². The molecule has 6 atom stereocenters. The molecule has 0 spiro atoms. The molecule has 1 aromatic rings. The molecule has 0 saturated carbocycles. The van der Waals surface area contributed by atoms with Crippen LogP contribution in [0.4, 0.5) is 13.2 Å². The van der Waals surface area contributed by atoms with Crippen molar-refractivity contribution in [2.75, 3.05) is 6.61 Å². The maximum atomic E-state index is 12.6. The van der Waals surface area contributed by atoms with Crippen LogP contribution in [0, 0.1) is 0 Å². The molecular formula is C21H26F3NO10. The smallest absolute Gasteiger partial charge is 0.449 e. The van der Waals surface area contributed by atoms with Gasteiger partial charge in [0.1, 0.15) is 24.1 Å². The number of nitrogens with one attached hydrogen (secondary N) is 1. The van der Waals surface area contributed by atoms with Crippen LogP contribution in [0.5, 0.6) is 5.75 Å². The Hall–Kier alpha value is -2.78. The number of aliphatic hydroxyl groups is 4. The summed E-state index contributed by atoms with van der Waals surface area (Å²) in [5.41, 5.74) is 0.0280. The van der Waals surface area contributed by atoms with E-state index < -0.39 is 86.0 Å². The van der Waals surface area contributed by atoms with Crippen LogP contribution in [0.15, 0.2) is 24.3 Å². The Bertz CT molecular complexity index is 927. The molecule has 1 saturated heterocycles. The SMILES string of the molecule is CC(=O)NC1C(O)CC(Oc2ccccc2CCC(=O)C(F)(F)F)(C(=O)O)OC1[C@H](O)[C@H](O)CO. The minimum absolute atomic E-state index is 0.0280. The highest BCUT2D eigenvalue weighted by atomic mass is 19.4. The van der Waals surface area contributed by atoms with E-state index in [0.29, 0.717) is 0 Å². The number of aliphatic carboxylic acids is 1. The average Bonchev–Trinajstić information content (AvgIpc) is 2.77. The molecule has 35 heavy (non-hydrogen) atoms. The van der Waals surface area contributed by atoms with Crippen LogP contribution in [0.3, 0.4) is 0 Å². The Kier molecular flexibility index (Phi) is 9.19. The number of Topliss-reactive ketones (excluding diaryl/α,β-unsaturated/α-hetero) is 1. The van der Waals surface area contributed by atoms with Gasteiger partial charge >= 0.3 is 17.9 Å². The molecule has 1 aromatic carbocycles. The topological polar surface area (TPSA) is 183 Å². The van der Waals surface area contributed by atoms with Crippen molar-refractivity contribution in [3.63, 3.8) is 0 Å². The first-order valence-electron chi connectivity index (χ1n) is 10.4. The fraction of sp³-hybridized carbons (Fsp3) is 0.571. The number of ketones is 1. The monoisotopic (exact) mass is 509 g/mol. The molecule has 2 rings (SSSR count). The summed E-state index contributed by atoms with van der Waals surface area (Å²) < 4.78 is 48.7. The fourth-order valence-electron chi connectivity index (χ4n) is 3.61. The Morgan fingerprint density at radius 3 is 2.43 bits per heavy atom. The molecule has 0 bridgehead atoms. The van der Waals surface area contributed by atoms with E-state index in [2.05, 4.69) is 5.32 Å². The van der Waals surface area contributed by atoms with Crippen LogP contribution in [-0.2, 0) is 25.5 Å². The Morgan fingerprint density at radius 1 is 1.26 bits per heavy atom. The number of benzene rings is 1. The van der Waals surface area contributed by atoms with E-state index in [1.54, 1.807) is 0 Å². The third kappa shape index (κ3) is 6.89. The lowest BCUT2D eigenvalue weighted by Crippen LogP contribution is -2.68. The number of aryl methyl sites for hydroxylation is 1. The zero-order valence-corrected chi connectivity index (χ0v) is 18.4. The zero-order valence-electron chi connectivity index (χ0n) is 18.4. The molecule has 1 fully saturated rings. The van der Waals surface area contributed by atoms with E-state index in [1.165, 1.54) is 24.3 Å². The Morgan fingerprint density at radius 2 is 1.89 bits per heavy atom. The standard InChI is InChI=1S/C21H26F3NO10/c1-10(27)25-16-12(28)8-20(19(32)33,35-18(16)17(31)13(29)9-26)34-14-5-3-2-4-11(14)6-7-15(30)21(22,23)24/h2-5,12-13,16-18,26,28-29,31H,6-9H2,1H3,(H,25,27)(H,32,33)/t12?,13-,16?,17-,18?,20?/m1/s1. The Balaban J connectivity index is 2.41. The first kappa shape index (κ1) is 28.5. The average molecular weight is 509 g/mol. The highest BCUT2D eigenvalue weighted by Crippen LogP contribution is 2.36. The number of carboxylic acid groups (broad SMARTS) is 1. The van der Waals surface area contributed by atoms with Gasteiger partial charge in [0.15, 0.2) is 0 Å². The minimum atomic E-state index is -5.05. The highest BCUT2D eigenvalue weighted by Gasteiger charge is 2.56. The van der Waals surface area contributed by atoms with Crippen molar-refractivity contribution in [1.29, 1.82) is 0 Å². The Labute approximate surface area is 197 Å². The number of ether oxygens (including phenoxy) is 2. The number of amides is 1. The molecule has 0 radical (unpaired) electrons. The van der Waals surface area contributed by atoms with Gasteiger partial charge in [-0.3, -0.25) is 9.59 Å². The largest absolute Gasteiger partial charge is 0.476 e. The highest BCUT2D eigenvalue weighted by molar-refractivity contribution is 5.84. The van der Waals surface area contributed by atoms with Crippen molar-refractivity contribution in [1.82, 2.24) is 5.32 Å². The van der Waals surface area contributed by atoms with Crippen LogP contribution in [0.25, 0.3) is 0 Å². The molecule has 1 aliphatic rings. The van der Waals surface area contributed by atoms with Crippen molar-refractivity contribution < 1.29 is 62.6 Å². The molecule has 4 unspecified atom stereocenters. The second-order valence-electron chi connectivity index (χ2n) is 8.01. The summed E-state index contributed by atoms with van der Waals surface area (Å²) in [5.74, 6) is -7.47. The summed E-state index contributed by atoms with van der Waals surface area (Å²) in [4.78, 5) is 35.1. The van der Waals surface area contributed by atoms with Gasteiger partial charge in [0.05, 0.1) is 25.2 Å². The van der Waals surface area contributed by atoms with E-state index in [9.17, 15) is 53.1 Å². The van der Waals surface area contributed by atoms with Gasteiger partial charge < -0.3 is 40.3 Å². The van der Waals surface area contributed by atoms with Gasteiger partial charge in [0.2, 0.25) is 11.7 Å². The number of alkyl halides is 3. The summed E-state index contributed by atoms with van der Waals surface area (Å²) in [6.45, 7) is 0.105. The first-order chi connectivity index (χ1) is 16.2. The molecule has 1 heterocycles. The number of para-hydroxylation sites is 1. The molecule has 6 N–H and O–H groups in total. The summed E-state index contributed by atoms with van der Waals surface area (Å²) >= 11 is 0. The molecule has 11 nitrogen and oxygen atoms in total. The molecule has 1 aliphatic heterocycles. The maximum Gasteiger partial charge on any atom is 0.449 e. The molecular weight excluding hydrogens is 483 g/mol. The second-order valence-corrected chi connectivity index (χ2v) is 8.01. The quantitative estimate of drug-likeness (QED) is 0.235. The number of halogens is 3. The van der Waals surface area contributed by atoms with E-state index in [0.717, 1.165) is 6.92 Å². The number of carboxylic acids is 1. The van der Waals surface area contributed by atoms with Crippen molar-refractivity contribution >= 4 is 17.7 Å². The molecule has 14 heteroatoms. The van der Waals surface area contributed by atoms with Crippen molar-refractivity contribution in [3.8, 4) is 5.75 Å². The van der Waals surface area contributed by atoms with Gasteiger partial charge in [0.25, 0.3) is 0 Å². The summed E-state index contributed by atoms with van der Waals surface area (Å²) in [6, 6.07) is 3.89. The van der Waals surface area contributed by atoms with Crippen molar-refractivity contribution in [2.45, 2.75) is 68.6 Å². The predicted octanol–water partition coefficient (Wildman–Crippen LogP) is -0.721. The van der Waals surface area contributed by atoms with Gasteiger partial charge in [-0.25, -0.2) is 4.79 Å². The van der Waals surface area contributed by atoms with Crippen LogP contribution in [0.1, 0.15) is 25.3 Å². The number of carbonyl (C=O) groups excluding carboxylic acids is 2. The second kappa shape index (κ2) is 11.3. The van der Waals surface area contributed by atoms with Crippen molar-refractivity contribution in [2.24, 2.45) is 0 Å². The lowest BCUT2D eigenvalue weighted by Gasteiger charge is -2.46. The molecule has 0 aliphatic carbocycles. The zero-order chi connectivity index (χ0) is 26.6. The minimum Gasteiger partial charge on any atom is -0.476 e. The third-order valence-electron chi connectivity index (χ3n) is 5.37. The molecule has 1 amide bonds. The number of rotatable bonds is 10. The summed E-state index contributed by atoms with van der Waals surface area (Å²) in [6.07, 6.45) is -14.6. The van der Waals surface area contributed by atoms with Crippen LogP contribution < -0.4 is 10.1 Å². The molecule has 0 aromatic heterocycles. The maximum absolute atomic E-state index is 12.6. The number of hydrogen-bond acceptors (Lipinski definition) is 9. The number of hydrogen-bond donors (Lipinski definition) is 6. The number of aliphatic hydroxyl groups excluding tert-OH is 4. The summed E-state index contributed by atoms with van der Waals surface area (Å²) in [7, 11) is 0. The third-order valence-corrected chi connectivity index (χ3v) is 5.37. The normalized spacial score (nSPS) is 26.5. The lowest BCUT2D eigenvalue weighted by molar-refractivity contribution is -0.284. The van der Waals surface area contributed by atoms with Crippen molar-refractivity contribution in [3.05, 3.63) is 29.8 Å². The van der Waals surface area contributed by atoms with E-state index in [-0.39, 0.29) is 11.3 Å². The fourth-order valence-corrected chi connectivity index (χ4v) is 3.61. The van der Waals surface area contributed by atoms with Crippen LogP contribution >= 0.6 is 0 Å². The van der Waals surface area contributed by atoms with Gasteiger partial charge in [0, 0.05) is 13.3 Å². The van der Waals surface area contributed by atoms with Gasteiger partial charge in [-0.2, -0.15) is 13.2 Å². The van der Waals surface area contributed by atoms with E-state index in [1.807, 2.05) is 0 Å². The van der Waals surface area contributed by atoms with E-state index in [4.69, 9.17) is 9.47 Å². The summed E-state index contributed by atoms with van der Waals surface area (Å²) in [5, 5.41) is 52.3. The van der Waals surface area contributed by atoms with Gasteiger partial charge in [-0.1, -0.05) is 18.2 Å².